The molecule has 0 fully saturated rings. The molecule has 0 amide bonds. The number of anilines is 1. The first kappa shape index (κ1) is 9.81. The third-order valence-electron chi connectivity index (χ3n) is 1.67. The summed E-state index contributed by atoms with van der Waals surface area (Å²) in [5, 5.41) is 12.1. The molecule has 2 nitrogen and oxygen atoms in total. The summed E-state index contributed by atoms with van der Waals surface area (Å²) >= 11 is 0. The van der Waals surface area contributed by atoms with E-state index in [9.17, 15) is 0 Å². The molecular weight excluding hydrogens is 162 g/mol. The molecule has 1 rings (SSSR count). The highest BCUT2D eigenvalue weighted by Gasteiger charge is 1.99. The van der Waals surface area contributed by atoms with Crippen molar-refractivity contribution >= 4 is 11.8 Å². The SMILES string of the molecule is C/C=C/c1ccccc1NC(C)O. The van der Waals surface area contributed by atoms with Crippen molar-refractivity contribution in [3.8, 4) is 0 Å². The van der Waals surface area contributed by atoms with Crippen LogP contribution in [0.4, 0.5) is 5.69 Å². The molecule has 1 unspecified atom stereocenters. The van der Waals surface area contributed by atoms with Crippen LogP contribution < -0.4 is 5.32 Å². The molecule has 0 saturated carbocycles. The third-order valence-corrected chi connectivity index (χ3v) is 1.67. The van der Waals surface area contributed by atoms with Crippen LogP contribution in [0.15, 0.2) is 30.3 Å². The standard InChI is InChI=1S/C11H15NO/c1-3-6-10-7-4-5-8-11(10)12-9(2)13/h3-9,12-13H,1-2H3/b6-3+. The summed E-state index contributed by atoms with van der Waals surface area (Å²) in [5.41, 5.74) is 2.04. The van der Waals surface area contributed by atoms with Crippen LogP contribution in [0.3, 0.4) is 0 Å². The number of hydrogen-bond acceptors (Lipinski definition) is 2. The van der Waals surface area contributed by atoms with E-state index in [1.165, 1.54) is 0 Å². The lowest BCUT2D eigenvalue weighted by atomic mass is 10.1. The van der Waals surface area contributed by atoms with Crippen LogP contribution in [0.5, 0.6) is 0 Å². The largest absolute Gasteiger partial charge is 0.374 e. The molecule has 0 aromatic heterocycles. The number of nitrogens with one attached hydrogen (secondary N) is 1. The first-order chi connectivity index (χ1) is 6.24. The van der Waals surface area contributed by atoms with Gasteiger partial charge < -0.3 is 10.4 Å². The number of hydrogen-bond donors (Lipinski definition) is 2. The molecule has 70 valence electrons. The van der Waals surface area contributed by atoms with Crippen molar-refractivity contribution < 1.29 is 5.11 Å². The van der Waals surface area contributed by atoms with Gasteiger partial charge in [0.25, 0.3) is 0 Å². The van der Waals surface area contributed by atoms with Gasteiger partial charge in [-0.3, -0.25) is 0 Å². The molecule has 1 aromatic rings. The molecule has 1 atom stereocenters. The summed E-state index contributed by atoms with van der Waals surface area (Å²) in [7, 11) is 0. The van der Waals surface area contributed by atoms with Gasteiger partial charge >= 0.3 is 0 Å². The van der Waals surface area contributed by atoms with Gasteiger partial charge in [-0.25, -0.2) is 0 Å². The highest BCUT2D eigenvalue weighted by Crippen LogP contribution is 2.16. The maximum atomic E-state index is 9.16. The fourth-order valence-corrected chi connectivity index (χ4v) is 1.18. The second-order valence-corrected chi connectivity index (χ2v) is 2.91. The fourth-order valence-electron chi connectivity index (χ4n) is 1.18. The Kier molecular flexibility index (Phi) is 3.53. The Morgan fingerprint density at radius 2 is 2.08 bits per heavy atom. The predicted molar refractivity (Wildman–Crippen MR) is 56.5 cm³/mol. The summed E-state index contributed by atoms with van der Waals surface area (Å²) in [6.07, 6.45) is 3.46. The van der Waals surface area contributed by atoms with Crippen LogP contribution in [0.25, 0.3) is 6.08 Å². The molecule has 0 bridgehead atoms. The second-order valence-electron chi connectivity index (χ2n) is 2.91. The van der Waals surface area contributed by atoms with E-state index in [4.69, 9.17) is 5.11 Å². The number of allylic oxidation sites excluding steroid dienone is 1. The third kappa shape index (κ3) is 2.92. The summed E-state index contributed by atoms with van der Waals surface area (Å²) in [5.74, 6) is 0. The van der Waals surface area contributed by atoms with Gasteiger partial charge in [0.1, 0.15) is 6.23 Å². The molecular formula is C11H15NO. The maximum absolute atomic E-state index is 9.16. The minimum Gasteiger partial charge on any atom is -0.374 e. The first-order valence-electron chi connectivity index (χ1n) is 4.40. The molecule has 2 heteroatoms. The highest BCUT2D eigenvalue weighted by molar-refractivity contribution is 5.66. The van der Waals surface area contributed by atoms with Gasteiger partial charge in [-0.1, -0.05) is 30.4 Å². The van der Waals surface area contributed by atoms with Crippen molar-refractivity contribution in [1.29, 1.82) is 0 Å². The lowest BCUT2D eigenvalue weighted by Crippen LogP contribution is -2.13. The van der Waals surface area contributed by atoms with Crippen molar-refractivity contribution in [1.82, 2.24) is 0 Å². The second kappa shape index (κ2) is 4.67. The van der Waals surface area contributed by atoms with Gasteiger partial charge in [0.05, 0.1) is 0 Å². The van der Waals surface area contributed by atoms with Gasteiger partial charge in [-0.05, 0) is 25.5 Å². The van der Waals surface area contributed by atoms with Crippen LogP contribution >= 0.6 is 0 Å². The molecule has 0 aliphatic heterocycles. The first-order valence-corrected chi connectivity index (χ1v) is 4.40. The maximum Gasteiger partial charge on any atom is 0.121 e. The van der Waals surface area contributed by atoms with Crippen molar-refractivity contribution in [3.63, 3.8) is 0 Å². The minimum absolute atomic E-state index is 0.522. The van der Waals surface area contributed by atoms with Gasteiger partial charge in [-0.15, -0.1) is 0 Å². The topological polar surface area (TPSA) is 32.3 Å². The highest BCUT2D eigenvalue weighted by atomic mass is 16.3. The molecule has 0 saturated heterocycles. The van der Waals surface area contributed by atoms with E-state index in [0.29, 0.717) is 0 Å². The predicted octanol–water partition coefficient (Wildman–Crippen LogP) is 2.47. The van der Waals surface area contributed by atoms with Gasteiger partial charge in [0.2, 0.25) is 0 Å². The molecule has 0 aliphatic rings. The Bertz CT molecular complexity index is 292. The van der Waals surface area contributed by atoms with Crippen LogP contribution in [0.2, 0.25) is 0 Å². The zero-order valence-electron chi connectivity index (χ0n) is 7.99. The molecule has 0 spiro atoms. The Morgan fingerprint density at radius 1 is 1.38 bits per heavy atom. The molecule has 0 aliphatic carbocycles. The summed E-state index contributed by atoms with van der Waals surface area (Å²) in [6.45, 7) is 3.67. The van der Waals surface area contributed by atoms with E-state index in [0.717, 1.165) is 11.3 Å². The van der Waals surface area contributed by atoms with Crippen LogP contribution in [0, 0.1) is 0 Å². The number of aliphatic hydroxyl groups is 1. The summed E-state index contributed by atoms with van der Waals surface area (Å²) < 4.78 is 0. The lowest BCUT2D eigenvalue weighted by molar-refractivity contribution is 0.224. The van der Waals surface area contributed by atoms with E-state index in [-0.39, 0.29) is 0 Å². The Balaban J connectivity index is 2.90. The monoisotopic (exact) mass is 177 g/mol. The van der Waals surface area contributed by atoms with Crippen LogP contribution in [-0.4, -0.2) is 11.3 Å². The molecule has 1 aromatic carbocycles. The van der Waals surface area contributed by atoms with Crippen LogP contribution in [0.1, 0.15) is 19.4 Å². The Labute approximate surface area is 78.9 Å². The van der Waals surface area contributed by atoms with Gasteiger partial charge in [0, 0.05) is 5.69 Å². The summed E-state index contributed by atoms with van der Waals surface area (Å²) in [4.78, 5) is 0. The molecule has 0 heterocycles. The van der Waals surface area contributed by atoms with Crippen molar-refractivity contribution in [2.45, 2.75) is 20.1 Å². The van der Waals surface area contributed by atoms with E-state index >= 15 is 0 Å². The fraction of sp³-hybridized carbons (Fsp3) is 0.273. The zero-order chi connectivity index (χ0) is 9.68. The normalized spacial score (nSPS) is 13.2. The Hall–Kier alpha value is -1.28. The number of benzene rings is 1. The zero-order valence-corrected chi connectivity index (χ0v) is 7.99. The van der Waals surface area contributed by atoms with Crippen molar-refractivity contribution in [3.05, 3.63) is 35.9 Å². The van der Waals surface area contributed by atoms with Crippen LogP contribution in [-0.2, 0) is 0 Å². The van der Waals surface area contributed by atoms with Gasteiger partial charge in [-0.2, -0.15) is 0 Å². The van der Waals surface area contributed by atoms with Crippen molar-refractivity contribution in [2.24, 2.45) is 0 Å². The molecule has 13 heavy (non-hydrogen) atoms. The number of para-hydroxylation sites is 1. The number of aliphatic hydroxyl groups excluding tert-OH is 1. The quantitative estimate of drug-likeness (QED) is 0.695. The minimum atomic E-state index is -0.522. The Morgan fingerprint density at radius 3 is 2.69 bits per heavy atom. The smallest absolute Gasteiger partial charge is 0.121 e. The van der Waals surface area contributed by atoms with E-state index in [1.54, 1.807) is 6.92 Å². The van der Waals surface area contributed by atoms with Gasteiger partial charge in [0.15, 0.2) is 0 Å². The molecule has 0 radical (unpaired) electrons. The lowest BCUT2D eigenvalue weighted by Gasteiger charge is -2.11. The average molecular weight is 177 g/mol. The van der Waals surface area contributed by atoms with Crippen molar-refractivity contribution in [2.75, 3.05) is 5.32 Å². The van der Waals surface area contributed by atoms with E-state index < -0.39 is 6.23 Å². The molecule has 2 N–H and O–H groups in total. The van der Waals surface area contributed by atoms with E-state index in [2.05, 4.69) is 5.32 Å². The van der Waals surface area contributed by atoms with E-state index in [1.807, 2.05) is 43.3 Å². The average Bonchev–Trinajstić information content (AvgIpc) is 2.08. The number of rotatable bonds is 3. The summed E-state index contributed by atoms with van der Waals surface area (Å²) in [6, 6.07) is 7.87.